The third kappa shape index (κ3) is 4.86. The normalized spacial score (nSPS) is 14.9. The number of imidazole rings is 1. The first kappa shape index (κ1) is 20.2. The zero-order valence-corrected chi connectivity index (χ0v) is 16.7. The molecule has 3 rings (SSSR count). The van der Waals surface area contributed by atoms with Gasteiger partial charge in [0.15, 0.2) is 5.03 Å². The molecule has 0 aromatic carbocycles. The van der Waals surface area contributed by atoms with E-state index in [9.17, 15) is 13.2 Å². The third-order valence-corrected chi connectivity index (χ3v) is 5.71. The van der Waals surface area contributed by atoms with Crippen molar-refractivity contribution in [1.29, 1.82) is 0 Å². The SMILES string of the molecule is Cc1nc(S(=O)(=O)NCC(=O)NCc2cccnc2N2CCOCC2)cn1C. The Labute approximate surface area is 164 Å². The second kappa shape index (κ2) is 8.67. The van der Waals surface area contributed by atoms with E-state index in [1.165, 1.54) is 6.20 Å². The molecule has 0 radical (unpaired) electrons. The molecular formula is C17H24N6O4S. The Hall–Kier alpha value is -2.50. The molecule has 1 fully saturated rings. The lowest BCUT2D eigenvalue weighted by atomic mass is 10.2. The fraction of sp³-hybridized carbons (Fsp3) is 0.471. The van der Waals surface area contributed by atoms with E-state index in [0.29, 0.717) is 19.0 Å². The molecule has 0 aliphatic carbocycles. The Bertz CT molecular complexity index is 917. The minimum Gasteiger partial charge on any atom is -0.378 e. The van der Waals surface area contributed by atoms with Gasteiger partial charge >= 0.3 is 0 Å². The summed E-state index contributed by atoms with van der Waals surface area (Å²) in [7, 11) is -2.14. The highest BCUT2D eigenvalue weighted by Gasteiger charge is 2.20. The van der Waals surface area contributed by atoms with E-state index < -0.39 is 15.9 Å². The molecule has 3 heterocycles. The fourth-order valence-corrected chi connectivity index (χ4v) is 3.79. The van der Waals surface area contributed by atoms with Gasteiger partial charge in [0.1, 0.15) is 11.6 Å². The molecule has 2 aromatic rings. The van der Waals surface area contributed by atoms with E-state index in [-0.39, 0.29) is 18.1 Å². The number of hydrogen-bond donors (Lipinski definition) is 2. The average molecular weight is 408 g/mol. The average Bonchev–Trinajstić information content (AvgIpc) is 3.05. The largest absolute Gasteiger partial charge is 0.378 e. The van der Waals surface area contributed by atoms with Crippen molar-refractivity contribution < 1.29 is 17.9 Å². The molecule has 152 valence electrons. The number of aryl methyl sites for hydroxylation is 2. The maximum absolute atomic E-state index is 12.2. The van der Waals surface area contributed by atoms with E-state index in [2.05, 4.69) is 24.9 Å². The number of carbonyl (C=O) groups excluding carboxylic acids is 1. The summed E-state index contributed by atoms with van der Waals surface area (Å²) in [4.78, 5) is 22.6. The van der Waals surface area contributed by atoms with Gasteiger partial charge in [-0.3, -0.25) is 4.79 Å². The molecule has 2 N–H and O–H groups in total. The Morgan fingerprint density at radius 2 is 2.07 bits per heavy atom. The second-order valence-corrected chi connectivity index (χ2v) is 8.14. The van der Waals surface area contributed by atoms with Crippen LogP contribution in [0.15, 0.2) is 29.6 Å². The number of ether oxygens (including phenoxy) is 1. The van der Waals surface area contributed by atoms with E-state index in [4.69, 9.17) is 4.74 Å². The quantitative estimate of drug-likeness (QED) is 0.637. The first-order valence-corrected chi connectivity index (χ1v) is 10.4. The van der Waals surface area contributed by atoms with Crippen LogP contribution in [0.4, 0.5) is 5.82 Å². The smallest absolute Gasteiger partial charge is 0.260 e. The van der Waals surface area contributed by atoms with Gasteiger partial charge in [-0.05, 0) is 13.0 Å². The number of sulfonamides is 1. The van der Waals surface area contributed by atoms with Gasteiger partial charge in [0, 0.05) is 44.6 Å². The number of nitrogens with zero attached hydrogens (tertiary/aromatic N) is 4. The molecule has 1 aliphatic heterocycles. The standard InChI is InChI=1S/C17H24N6O4S/c1-13-21-16(12-22(13)2)28(25,26)20-11-15(24)19-10-14-4-3-5-18-17(14)23-6-8-27-9-7-23/h3-5,12,20H,6-11H2,1-2H3,(H,19,24). The van der Waals surface area contributed by atoms with Crippen molar-refractivity contribution in [2.45, 2.75) is 18.5 Å². The molecule has 1 amide bonds. The molecule has 0 spiro atoms. The zero-order valence-electron chi connectivity index (χ0n) is 15.9. The molecule has 1 aliphatic rings. The van der Waals surface area contributed by atoms with E-state index in [1.807, 2.05) is 6.07 Å². The molecule has 2 aromatic heterocycles. The molecule has 0 atom stereocenters. The van der Waals surface area contributed by atoms with Gasteiger partial charge in [-0.1, -0.05) is 6.07 Å². The summed E-state index contributed by atoms with van der Waals surface area (Å²) in [5, 5.41) is 2.62. The lowest BCUT2D eigenvalue weighted by molar-refractivity contribution is -0.120. The number of morpholine rings is 1. The number of carbonyl (C=O) groups is 1. The summed E-state index contributed by atoms with van der Waals surface area (Å²) in [5.74, 6) is 0.931. The molecular weight excluding hydrogens is 384 g/mol. The van der Waals surface area contributed by atoms with Gasteiger partial charge < -0.3 is 19.5 Å². The Morgan fingerprint density at radius 3 is 2.75 bits per heavy atom. The zero-order chi connectivity index (χ0) is 20.1. The highest BCUT2D eigenvalue weighted by molar-refractivity contribution is 7.89. The van der Waals surface area contributed by atoms with Gasteiger partial charge in [-0.15, -0.1) is 0 Å². The maximum Gasteiger partial charge on any atom is 0.260 e. The molecule has 28 heavy (non-hydrogen) atoms. The second-order valence-electron chi connectivity index (χ2n) is 6.42. The van der Waals surface area contributed by atoms with Crippen LogP contribution in [0, 0.1) is 6.92 Å². The predicted octanol–water partition coefficient (Wildman–Crippen LogP) is -0.445. The van der Waals surface area contributed by atoms with Crippen LogP contribution in [-0.2, 0) is 33.1 Å². The molecule has 1 saturated heterocycles. The lowest BCUT2D eigenvalue weighted by Gasteiger charge is -2.29. The number of nitrogens with one attached hydrogen (secondary N) is 2. The summed E-state index contributed by atoms with van der Waals surface area (Å²) in [5.41, 5.74) is 0.862. The van der Waals surface area contributed by atoms with Crippen LogP contribution in [0.3, 0.4) is 0 Å². The summed E-state index contributed by atoms with van der Waals surface area (Å²) in [6, 6.07) is 3.69. The van der Waals surface area contributed by atoms with Crippen molar-refractivity contribution in [3.05, 3.63) is 35.9 Å². The lowest BCUT2D eigenvalue weighted by Crippen LogP contribution is -2.39. The first-order valence-electron chi connectivity index (χ1n) is 8.90. The Morgan fingerprint density at radius 1 is 1.32 bits per heavy atom. The highest BCUT2D eigenvalue weighted by Crippen LogP contribution is 2.18. The van der Waals surface area contributed by atoms with Gasteiger partial charge in [-0.25, -0.2) is 23.1 Å². The fourth-order valence-electron chi connectivity index (χ4n) is 2.77. The van der Waals surface area contributed by atoms with Crippen molar-refractivity contribution in [3.63, 3.8) is 0 Å². The number of amides is 1. The van der Waals surface area contributed by atoms with Gasteiger partial charge in [-0.2, -0.15) is 0 Å². The maximum atomic E-state index is 12.2. The molecule has 11 heteroatoms. The van der Waals surface area contributed by atoms with Crippen LogP contribution < -0.4 is 14.9 Å². The Kier molecular flexibility index (Phi) is 6.27. The van der Waals surface area contributed by atoms with Crippen molar-refractivity contribution >= 4 is 21.7 Å². The van der Waals surface area contributed by atoms with Crippen molar-refractivity contribution in [1.82, 2.24) is 24.6 Å². The predicted molar refractivity (Wildman–Crippen MR) is 102 cm³/mol. The van der Waals surface area contributed by atoms with Crippen molar-refractivity contribution in [2.75, 3.05) is 37.7 Å². The summed E-state index contributed by atoms with van der Waals surface area (Å²) < 4.78 is 33.7. The number of aromatic nitrogens is 3. The van der Waals surface area contributed by atoms with Gasteiger partial charge in [0.25, 0.3) is 10.0 Å². The van der Waals surface area contributed by atoms with Crippen LogP contribution in [0.1, 0.15) is 11.4 Å². The molecule has 0 unspecified atom stereocenters. The minimum absolute atomic E-state index is 0.109. The first-order chi connectivity index (χ1) is 13.4. The monoisotopic (exact) mass is 408 g/mol. The van der Waals surface area contributed by atoms with Crippen LogP contribution in [0.2, 0.25) is 0 Å². The van der Waals surface area contributed by atoms with Crippen LogP contribution in [0.5, 0.6) is 0 Å². The molecule has 0 saturated carbocycles. The van der Waals surface area contributed by atoms with Crippen LogP contribution >= 0.6 is 0 Å². The summed E-state index contributed by atoms with van der Waals surface area (Å²) >= 11 is 0. The van der Waals surface area contributed by atoms with E-state index in [1.54, 1.807) is 30.8 Å². The number of rotatable bonds is 7. The van der Waals surface area contributed by atoms with Gasteiger partial charge in [0.2, 0.25) is 5.91 Å². The van der Waals surface area contributed by atoms with E-state index >= 15 is 0 Å². The van der Waals surface area contributed by atoms with Crippen molar-refractivity contribution in [3.8, 4) is 0 Å². The van der Waals surface area contributed by atoms with E-state index in [0.717, 1.165) is 24.5 Å². The van der Waals surface area contributed by atoms with Gasteiger partial charge in [0.05, 0.1) is 19.8 Å². The van der Waals surface area contributed by atoms with Crippen molar-refractivity contribution in [2.24, 2.45) is 7.05 Å². The third-order valence-electron chi connectivity index (χ3n) is 4.44. The van der Waals surface area contributed by atoms with Crippen LogP contribution in [-0.4, -0.2) is 61.7 Å². The highest BCUT2D eigenvalue weighted by atomic mass is 32.2. The number of pyridine rings is 1. The summed E-state index contributed by atoms with van der Waals surface area (Å²) in [6.45, 7) is 4.33. The number of hydrogen-bond acceptors (Lipinski definition) is 7. The Balaban J connectivity index is 1.56. The van der Waals surface area contributed by atoms with Crippen LogP contribution in [0.25, 0.3) is 0 Å². The summed E-state index contributed by atoms with van der Waals surface area (Å²) in [6.07, 6.45) is 3.11. The topological polar surface area (TPSA) is 118 Å². The molecule has 10 nitrogen and oxygen atoms in total. The molecule has 0 bridgehead atoms. The number of anilines is 1. The minimum atomic E-state index is -3.84.